The van der Waals surface area contributed by atoms with E-state index in [0.29, 0.717) is 5.92 Å². The maximum atomic E-state index is 10.5. The quantitative estimate of drug-likeness (QED) is 0.613. The zero-order chi connectivity index (χ0) is 9.97. The van der Waals surface area contributed by atoms with Gasteiger partial charge in [-0.1, -0.05) is 12.8 Å². The Hall–Kier alpha value is -1.06. The molecular weight excluding hydrogens is 178 g/mol. The molecular formula is C10H17N3O. The fourth-order valence-corrected chi connectivity index (χ4v) is 2.69. The van der Waals surface area contributed by atoms with Crippen molar-refractivity contribution in [1.29, 1.82) is 0 Å². The second-order valence-electron chi connectivity index (χ2n) is 4.35. The zero-order valence-corrected chi connectivity index (χ0v) is 8.33. The van der Waals surface area contributed by atoms with Crippen molar-refractivity contribution in [2.45, 2.75) is 38.5 Å². The molecule has 2 bridgehead atoms. The molecule has 0 radical (unpaired) electrons. The van der Waals surface area contributed by atoms with Crippen LogP contribution < -0.4 is 11.2 Å². The Morgan fingerprint density at radius 2 is 2.29 bits per heavy atom. The molecule has 0 aromatic heterocycles. The highest BCUT2D eigenvalue weighted by molar-refractivity contribution is 5.88. The molecule has 2 saturated carbocycles. The molecule has 78 valence electrons. The van der Waals surface area contributed by atoms with Crippen molar-refractivity contribution >= 4 is 11.7 Å². The summed E-state index contributed by atoms with van der Waals surface area (Å²) in [5.74, 6) is 1.51. The van der Waals surface area contributed by atoms with Gasteiger partial charge >= 0.3 is 6.03 Å². The second kappa shape index (κ2) is 3.98. The molecule has 0 heterocycles. The van der Waals surface area contributed by atoms with Crippen LogP contribution in [-0.4, -0.2) is 11.7 Å². The molecule has 0 unspecified atom stereocenters. The van der Waals surface area contributed by atoms with Gasteiger partial charge in [0.15, 0.2) is 0 Å². The minimum absolute atomic E-state index is 0.560. The number of nitrogens with one attached hydrogen (secondary N) is 1. The van der Waals surface area contributed by atoms with E-state index in [4.69, 9.17) is 5.73 Å². The number of rotatable bonds is 1. The molecule has 4 nitrogen and oxygen atoms in total. The van der Waals surface area contributed by atoms with Crippen LogP contribution in [-0.2, 0) is 0 Å². The minimum atomic E-state index is -0.560. The lowest BCUT2D eigenvalue weighted by Gasteiger charge is -2.35. The standard InChI is InChI=1S/C10H17N3O/c11-10(14)13-12-9-5-4-7-2-1-3-8(9)6-7/h7-8H,1-6H2,(H3,11,13,14)/b12-9-/t7-,8-/m1/s1. The zero-order valence-electron chi connectivity index (χ0n) is 8.33. The molecule has 3 N–H and O–H groups in total. The van der Waals surface area contributed by atoms with E-state index in [0.717, 1.165) is 18.1 Å². The first-order chi connectivity index (χ1) is 6.75. The molecule has 2 aliphatic rings. The number of fused-ring (bicyclic) bond motifs is 2. The lowest BCUT2D eigenvalue weighted by Crippen LogP contribution is -2.32. The molecule has 0 aliphatic heterocycles. The number of primary amides is 1. The van der Waals surface area contributed by atoms with Gasteiger partial charge in [0.1, 0.15) is 0 Å². The van der Waals surface area contributed by atoms with Crippen molar-refractivity contribution in [2.75, 3.05) is 0 Å². The van der Waals surface area contributed by atoms with E-state index in [1.165, 1.54) is 32.1 Å². The van der Waals surface area contributed by atoms with Crippen molar-refractivity contribution in [3.05, 3.63) is 0 Å². The molecule has 0 aromatic carbocycles. The topological polar surface area (TPSA) is 67.5 Å². The van der Waals surface area contributed by atoms with Crippen LogP contribution in [0, 0.1) is 11.8 Å². The molecule has 2 amide bonds. The Kier molecular flexibility index (Phi) is 2.70. The Labute approximate surface area is 83.9 Å². The van der Waals surface area contributed by atoms with Crippen molar-refractivity contribution < 1.29 is 4.79 Å². The molecule has 2 atom stereocenters. The molecule has 2 aliphatic carbocycles. The Morgan fingerprint density at radius 1 is 1.43 bits per heavy atom. The highest BCUT2D eigenvalue weighted by Gasteiger charge is 2.30. The van der Waals surface area contributed by atoms with Gasteiger partial charge in [0, 0.05) is 5.71 Å². The predicted octanol–water partition coefficient (Wildman–Crippen LogP) is 1.61. The minimum Gasteiger partial charge on any atom is -0.350 e. The van der Waals surface area contributed by atoms with E-state index in [2.05, 4.69) is 10.5 Å². The Morgan fingerprint density at radius 3 is 3.07 bits per heavy atom. The van der Waals surface area contributed by atoms with Crippen molar-refractivity contribution in [2.24, 2.45) is 22.7 Å². The molecule has 0 aromatic rings. The molecule has 0 saturated heterocycles. The van der Waals surface area contributed by atoms with Crippen LogP contribution in [0.1, 0.15) is 38.5 Å². The van der Waals surface area contributed by atoms with Crippen LogP contribution in [0.2, 0.25) is 0 Å². The van der Waals surface area contributed by atoms with Gasteiger partial charge in [-0.3, -0.25) is 0 Å². The summed E-state index contributed by atoms with van der Waals surface area (Å²) in [4.78, 5) is 10.5. The predicted molar refractivity (Wildman–Crippen MR) is 54.8 cm³/mol. The SMILES string of the molecule is NC(=O)N/N=C1/CC[C@H]2CCC[C@@H]1C2. The first kappa shape index (κ1) is 9.49. The van der Waals surface area contributed by atoms with Gasteiger partial charge in [0.25, 0.3) is 0 Å². The van der Waals surface area contributed by atoms with Crippen LogP contribution in [0.25, 0.3) is 0 Å². The van der Waals surface area contributed by atoms with E-state index in [1.54, 1.807) is 0 Å². The third-order valence-corrected chi connectivity index (χ3v) is 3.37. The lowest BCUT2D eigenvalue weighted by atomic mass is 9.71. The van der Waals surface area contributed by atoms with Crippen LogP contribution in [0.15, 0.2) is 5.10 Å². The average Bonchev–Trinajstić information content (AvgIpc) is 2.17. The summed E-state index contributed by atoms with van der Waals surface area (Å²) in [6, 6.07) is -0.560. The number of urea groups is 1. The first-order valence-electron chi connectivity index (χ1n) is 5.37. The van der Waals surface area contributed by atoms with Gasteiger partial charge in [0.05, 0.1) is 0 Å². The molecule has 2 rings (SSSR count). The third kappa shape index (κ3) is 2.05. The molecule has 4 heteroatoms. The maximum absolute atomic E-state index is 10.5. The second-order valence-corrected chi connectivity index (χ2v) is 4.35. The number of carbonyl (C=O) groups excluding carboxylic acids is 1. The average molecular weight is 195 g/mol. The summed E-state index contributed by atoms with van der Waals surface area (Å²) in [6.07, 6.45) is 7.46. The third-order valence-electron chi connectivity index (χ3n) is 3.37. The van der Waals surface area contributed by atoms with Crippen molar-refractivity contribution in [3.63, 3.8) is 0 Å². The Bertz CT molecular complexity index is 262. The Balaban J connectivity index is 1.98. The summed E-state index contributed by atoms with van der Waals surface area (Å²) in [5, 5.41) is 4.10. The van der Waals surface area contributed by atoms with Crippen LogP contribution in [0.3, 0.4) is 0 Å². The highest BCUT2D eigenvalue weighted by atomic mass is 16.2. The van der Waals surface area contributed by atoms with Gasteiger partial charge in [-0.15, -0.1) is 0 Å². The monoisotopic (exact) mass is 195 g/mol. The maximum Gasteiger partial charge on any atom is 0.332 e. The van der Waals surface area contributed by atoms with Gasteiger partial charge in [-0.2, -0.15) is 5.10 Å². The number of nitrogens with two attached hydrogens (primary N) is 1. The molecule has 2 fully saturated rings. The van der Waals surface area contributed by atoms with Crippen LogP contribution in [0.5, 0.6) is 0 Å². The van der Waals surface area contributed by atoms with Gasteiger partial charge in [-0.05, 0) is 37.5 Å². The fourth-order valence-electron chi connectivity index (χ4n) is 2.69. The van der Waals surface area contributed by atoms with Gasteiger partial charge in [0.2, 0.25) is 0 Å². The van der Waals surface area contributed by atoms with E-state index in [1.807, 2.05) is 0 Å². The normalized spacial score (nSPS) is 34.1. The first-order valence-corrected chi connectivity index (χ1v) is 5.37. The fraction of sp³-hybridized carbons (Fsp3) is 0.800. The number of amides is 2. The van der Waals surface area contributed by atoms with Gasteiger partial charge < -0.3 is 5.73 Å². The van der Waals surface area contributed by atoms with Crippen LogP contribution in [0.4, 0.5) is 4.79 Å². The van der Waals surface area contributed by atoms with Gasteiger partial charge in [-0.25, -0.2) is 10.2 Å². The molecule has 0 spiro atoms. The smallest absolute Gasteiger partial charge is 0.332 e. The van der Waals surface area contributed by atoms with Crippen molar-refractivity contribution in [1.82, 2.24) is 5.43 Å². The van der Waals surface area contributed by atoms with E-state index in [9.17, 15) is 4.79 Å². The number of hydrazone groups is 1. The summed E-state index contributed by atoms with van der Waals surface area (Å²) >= 11 is 0. The van der Waals surface area contributed by atoms with Crippen molar-refractivity contribution in [3.8, 4) is 0 Å². The van der Waals surface area contributed by atoms with E-state index >= 15 is 0 Å². The number of nitrogens with zero attached hydrogens (tertiary/aromatic N) is 1. The largest absolute Gasteiger partial charge is 0.350 e. The summed E-state index contributed by atoms with van der Waals surface area (Å²) in [5.41, 5.74) is 8.48. The molecule has 14 heavy (non-hydrogen) atoms. The number of hydrogen-bond donors (Lipinski definition) is 2. The number of carbonyl (C=O) groups is 1. The summed E-state index contributed by atoms with van der Waals surface area (Å²) in [6.45, 7) is 0. The summed E-state index contributed by atoms with van der Waals surface area (Å²) in [7, 11) is 0. The number of hydrogen-bond acceptors (Lipinski definition) is 2. The highest BCUT2D eigenvalue weighted by Crippen LogP contribution is 2.38. The lowest BCUT2D eigenvalue weighted by molar-refractivity contribution is 0.248. The van der Waals surface area contributed by atoms with E-state index in [-0.39, 0.29) is 0 Å². The van der Waals surface area contributed by atoms with E-state index < -0.39 is 6.03 Å². The summed E-state index contributed by atoms with van der Waals surface area (Å²) < 4.78 is 0. The van der Waals surface area contributed by atoms with Crippen LogP contribution >= 0.6 is 0 Å².